The van der Waals surface area contributed by atoms with E-state index in [-0.39, 0.29) is 12.1 Å². The first-order chi connectivity index (χ1) is 15.7. The van der Waals surface area contributed by atoms with E-state index in [9.17, 15) is 4.79 Å². The van der Waals surface area contributed by atoms with Gasteiger partial charge in [-0.05, 0) is 49.3 Å². The second-order valence-corrected chi connectivity index (χ2v) is 8.51. The fourth-order valence-electron chi connectivity index (χ4n) is 4.49. The highest BCUT2D eigenvalue weighted by atomic mass is 16.5. The number of rotatable bonds is 9. The van der Waals surface area contributed by atoms with Gasteiger partial charge in [-0.3, -0.25) is 4.79 Å². The van der Waals surface area contributed by atoms with E-state index in [2.05, 4.69) is 71.9 Å². The van der Waals surface area contributed by atoms with Crippen molar-refractivity contribution in [2.24, 2.45) is 0 Å². The van der Waals surface area contributed by atoms with E-state index in [1.54, 1.807) is 6.20 Å². The van der Waals surface area contributed by atoms with Crippen LogP contribution in [0, 0.1) is 6.92 Å². The molecule has 32 heavy (non-hydrogen) atoms. The molecule has 0 saturated carbocycles. The molecule has 1 fully saturated rings. The molecule has 4 rings (SSSR count). The van der Waals surface area contributed by atoms with E-state index >= 15 is 0 Å². The molecular weight excluding hydrogens is 396 g/mol. The van der Waals surface area contributed by atoms with Crippen LogP contribution >= 0.6 is 0 Å². The molecule has 1 aliphatic rings. The van der Waals surface area contributed by atoms with E-state index in [0.717, 1.165) is 24.1 Å². The molecule has 1 saturated heterocycles. The van der Waals surface area contributed by atoms with Crippen molar-refractivity contribution in [3.8, 4) is 16.8 Å². The van der Waals surface area contributed by atoms with Gasteiger partial charge in [-0.2, -0.15) is 0 Å². The minimum Gasteiger partial charge on any atom is -0.457 e. The molecule has 0 bridgehead atoms. The maximum atomic E-state index is 11.9. The largest absolute Gasteiger partial charge is 0.457 e. The second-order valence-electron chi connectivity index (χ2n) is 8.51. The molecule has 1 aliphatic heterocycles. The fraction of sp³-hybridized carbons (Fsp3) is 0.357. The monoisotopic (exact) mass is 428 g/mol. The van der Waals surface area contributed by atoms with Gasteiger partial charge < -0.3 is 9.30 Å². The molecule has 1 aromatic heterocycles. The Kier molecular flexibility index (Phi) is 7.21. The summed E-state index contributed by atoms with van der Waals surface area (Å²) in [5.41, 5.74) is 7.00. The number of aryl methyl sites for hydroxylation is 1. The molecule has 0 spiro atoms. The number of imidazole rings is 1. The zero-order valence-electron chi connectivity index (χ0n) is 19.1. The van der Waals surface area contributed by atoms with Crippen LogP contribution in [-0.4, -0.2) is 15.5 Å². The predicted molar refractivity (Wildman–Crippen MR) is 129 cm³/mol. The van der Waals surface area contributed by atoms with Gasteiger partial charge in [0.15, 0.2) is 0 Å². The number of ether oxygens (including phenoxy) is 1. The Morgan fingerprint density at radius 1 is 1.16 bits per heavy atom. The van der Waals surface area contributed by atoms with Gasteiger partial charge in [0, 0.05) is 29.9 Å². The van der Waals surface area contributed by atoms with Crippen molar-refractivity contribution in [2.45, 2.75) is 64.9 Å². The zero-order chi connectivity index (χ0) is 22.3. The number of nitrogens with zero attached hydrogens (tertiary/aromatic N) is 2. The number of carbonyl (C=O) groups is 1. The summed E-state index contributed by atoms with van der Waals surface area (Å²) in [4.78, 5) is 16.2. The van der Waals surface area contributed by atoms with E-state index in [0.29, 0.717) is 12.8 Å². The summed E-state index contributed by atoms with van der Waals surface area (Å²) in [6.45, 7) is 4.39. The second kappa shape index (κ2) is 10.4. The highest BCUT2D eigenvalue weighted by Crippen LogP contribution is 2.41. The summed E-state index contributed by atoms with van der Waals surface area (Å²) in [7, 11) is 0. The molecular formula is C28H32N2O2. The van der Waals surface area contributed by atoms with Gasteiger partial charge in [0.25, 0.3) is 0 Å². The Morgan fingerprint density at radius 2 is 2.03 bits per heavy atom. The molecule has 1 unspecified atom stereocenters. The Labute approximate surface area is 191 Å². The number of aromatic nitrogens is 2. The Bertz CT molecular complexity index is 1080. The topological polar surface area (TPSA) is 44.1 Å². The molecule has 166 valence electrons. The summed E-state index contributed by atoms with van der Waals surface area (Å²) in [5.74, 6) is -0.122. The zero-order valence-corrected chi connectivity index (χ0v) is 19.1. The van der Waals surface area contributed by atoms with Gasteiger partial charge in [-0.25, -0.2) is 4.98 Å². The summed E-state index contributed by atoms with van der Waals surface area (Å²) in [5, 5.41) is 0. The Hall–Kier alpha value is -3.14. The van der Waals surface area contributed by atoms with Crippen LogP contribution in [-0.2, 0) is 16.0 Å². The highest BCUT2D eigenvalue weighted by molar-refractivity contribution is 5.81. The normalized spacial score (nSPS) is 16.1. The fourth-order valence-corrected chi connectivity index (χ4v) is 4.49. The number of hydrogen-bond acceptors (Lipinski definition) is 3. The molecule has 0 radical (unpaired) electrons. The smallest absolute Gasteiger partial charge is 0.306 e. The van der Waals surface area contributed by atoms with Crippen LogP contribution in [0.1, 0.15) is 68.2 Å². The van der Waals surface area contributed by atoms with Crippen molar-refractivity contribution >= 4 is 5.97 Å². The van der Waals surface area contributed by atoms with Crippen LogP contribution in [0.4, 0.5) is 0 Å². The number of hydrogen-bond donors (Lipinski definition) is 0. The van der Waals surface area contributed by atoms with Gasteiger partial charge in [0.2, 0.25) is 0 Å². The lowest BCUT2D eigenvalue weighted by Gasteiger charge is -2.23. The first kappa shape index (κ1) is 22.1. The van der Waals surface area contributed by atoms with Crippen LogP contribution in [0.15, 0.2) is 67.3 Å². The van der Waals surface area contributed by atoms with Crippen molar-refractivity contribution in [1.29, 1.82) is 0 Å². The molecule has 2 aromatic carbocycles. The quantitative estimate of drug-likeness (QED) is 0.211. The first-order valence-corrected chi connectivity index (χ1v) is 11.7. The summed E-state index contributed by atoms with van der Waals surface area (Å²) < 4.78 is 7.76. The van der Waals surface area contributed by atoms with Crippen molar-refractivity contribution < 1.29 is 9.53 Å². The molecule has 1 atom stereocenters. The number of carbonyl (C=O) groups excluding carboxylic acids is 1. The Morgan fingerprint density at radius 3 is 2.75 bits per heavy atom. The number of cyclic esters (lactones) is 1. The molecule has 0 aliphatic carbocycles. The van der Waals surface area contributed by atoms with Gasteiger partial charge in [0.05, 0.1) is 12.0 Å². The lowest BCUT2D eigenvalue weighted by Crippen LogP contribution is -2.08. The summed E-state index contributed by atoms with van der Waals surface area (Å²) in [6, 6.07) is 12.8. The van der Waals surface area contributed by atoms with Crippen LogP contribution in [0.5, 0.6) is 0 Å². The van der Waals surface area contributed by atoms with Crippen LogP contribution in [0.25, 0.3) is 16.8 Å². The van der Waals surface area contributed by atoms with Crippen molar-refractivity contribution in [3.63, 3.8) is 0 Å². The summed E-state index contributed by atoms with van der Waals surface area (Å²) >= 11 is 0. The summed E-state index contributed by atoms with van der Waals surface area (Å²) in [6.07, 6.45) is 16.9. The SMILES string of the molecule is CCCCCC=CCc1ccc(C2CCC(=O)O2)c(-n2ccnc2)c1-c1ccccc1C. The van der Waals surface area contributed by atoms with E-state index < -0.39 is 0 Å². The number of esters is 1. The standard InChI is InChI=1S/C28H32N2O2/c1-3-4-5-6-7-8-12-22-14-15-24(25-16-17-26(31)32-25)28(30-19-18-29-20-30)27(22)23-13-10-9-11-21(23)2/h7-11,13-15,18-20,25H,3-6,12,16-17H2,1-2H3. The van der Waals surface area contributed by atoms with Crippen LogP contribution < -0.4 is 0 Å². The van der Waals surface area contributed by atoms with Gasteiger partial charge in [0.1, 0.15) is 6.10 Å². The average molecular weight is 429 g/mol. The van der Waals surface area contributed by atoms with E-state index in [1.165, 1.54) is 41.5 Å². The number of unbranched alkanes of at least 4 members (excludes halogenated alkanes) is 3. The molecule has 4 heteroatoms. The third kappa shape index (κ3) is 4.85. The number of benzene rings is 2. The average Bonchev–Trinajstić information content (AvgIpc) is 3.48. The lowest BCUT2D eigenvalue weighted by atomic mass is 9.88. The number of allylic oxidation sites excluding steroid dienone is 2. The van der Waals surface area contributed by atoms with Crippen molar-refractivity contribution in [3.05, 3.63) is 84.0 Å². The first-order valence-electron chi connectivity index (χ1n) is 11.7. The van der Waals surface area contributed by atoms with Crippen molar-refractivity contribution in [1.82, 2.24) is 9.55 Å². The maximum Gasteiger partial charge on any atom is 0.306 e. The minimum atomic E-state index is -0.221. The van der Waals surface area contributed by atoms with Crippen LogP contribution in [0.3, 0.4) is 0 Å². The third-order valence-corrected chi connectivity index (χ3v) is 6.18. The lowest BCUT2D eigenvalue weighted by molar-refractivity contribution is -0.141. The van der Waals surface area contributed by atoms with Crippen molar-refractivity contribution in [2.75, 3.05) is 0 Å². The minimum absolute atomic E-state index is 0.122. The van der Waals surface area contributed by atoms with Gasteiger partial charge in [-0.1, -0.05) is 68.3 Å². The molecule has 4 nitrogen and oxygen atoms in total. The Balaban J connectivity index is 1.83. The van der Waals surface area contributed by atoms with Crippen LogP contribution in [0.2, 0.25) is 0 Å². The maximum absolute atomic E-state index is 11.9. The highest BCUT2D eigenvalue weighted by Gasteiger charge is 2.29. The molecule has 3 aromatic rings. The van der Waals surface area contributed by atoms with E-state index in [1.807, 2.05) is 12.5 Å². The van der Waals surface area contributed by atoms with E-state index in [4.69, 9.17) is 4.74 Å². The molecule has 0 amide bonds. The van der Waals surface area contributed by atoms with Gasteiger partial charge in [-0.15, -0.1) is 0 Å². The van der Waals surface area contributed by atoms with Gasteiger partial charge >= 0.3 is 5.97 Å². The predicted octanol–water partition coefficient (Wildman–Crippen LogP) is 6.90. The molecule has 2 heterocycles. The third-order valence-electron chi connectivity index (χ3n) is 6.18. The molecule has 0 N–H and O–H groups in total.